The van der Waals surface area contributed by atoms with Crippen LogP contribution >= 0.6 is 0 Å². The highest BCUT2D eigenvalue weighted by Gasteiger charge is 2.21. The maximum Gasteiger partial charge on any atom is 0.161 e. The van der Waals surface area contributed by atoms with Crippen LogP contribution in [0.15, 0.2) is 12.1 Å². The second-order valence-corrected chi connectivity index (χ2v) is 4.60. The lowest BCUT2D eigenvalue weighted by atomic mass is 9.88. The van der Waals surface area contributed by atoms with Gasteiger partial charge in [0.25, 0.3) is 0 Å². The molecule has 1 aliphatic heterocycles. The number of aromatic hydroxyl groups is 1. The third-order valence-electron chi connectivity index (χ3n) is 3.45. The second kappa shape index (κ2) is 5.74. The smallest absolute Gasteiger partial charge is 0.161 e. The molecule has 0 radical (unpaired) electrons. The quantitative estimate of drug-likeness (QED) is 0.855. The number of hydrogen-bond donors (Lipinski definition) is 2. The van der Waals surface area contributed by atoms with Gasteiger partial charge in [-0.3, -0.25) is 0 Å². The Labute approximate surface area is 107 Å². The van der Waals surface area contributed by atoms with Gasteiger partial charge in [0.05, 0.1) is 19.6 Å². The van der Waals surface area contributed by atoms with Crippen LogP contribution in [0.5, 0.6) is 11.5 Å². The maximum absolute atomic E-state index is 10.2. The van der Waals surface area contributed by atoms with Crippen LogP contribution in [-0.4, -0.2) is 25.3 Å². The first-order valence-electron chi connectivity index (χ1n) is 6.23. The Balaban J connectivity index is 2.37. The van der Waals surface area contributed by atoms with Crippen LogP contribution in [0.3, 0.4) is 0 Å². The maximum atomic E-state index is 10.2. The van der Waals surface area contributed by atoms with Crippen molar-refractivity contribution >= 4 is 0 Å². The number of methoxy groups -OCH3 is 1. The van der Waals surface area contributed by atoms with E-state index in [0.717, 1.165) is 37.1 Å². The van der Waals surface area contributed by atoms with Crippen molar-refractivity contribution in [3.8, 4) is 17.6 Å². The highest BCUT2D eigenvalue weighted by Crippen LogP contribution is 2.39. The summed E-state index contributed by atoms with van der Waals surface area (Å²) in [5, 5.41) is 22.3. The topological polar surface area (TPSA) is 65.3 Å². The van der Waals surface area contributed by atoms with E-state index in [9.17, 15) is 5.11 Å². The summed E-state index contributed by atoms with van der Waals surface area (Å²) in [5.74, 6) is 1.04. The summed E-state index contributed by atoms with van der Waals surface area (Å²) in [5.41, 5.74) is 1.82. The molecule has 1 heterocycles. The molecule has 4 heteroatoms. The molecule has 4 nitrogen and oxygen atoms in total. The van der Waals surface area contributed by atoms with E-state index in [1.165, 1.54) is 7.11 Å². The lowest BCUT2D eigenvalue weighted by molar-refractivity contribution is 0.362. The monoisotopic (exact) mass is 246 g/mol. The molecule has 0 amide bonds. The predicted molar refractivity (Wildman–Crippen MR) is 68.8 cm³/mol. The van der Waals surface area contributed by atoms with E-state index in [1.54, 1.807) is 6.07 Å². The van der Waals surface area contributed by atoms with E-state index in [0.29, 0.717) is 18.1 Å². The summed E-state index contributed by atoms with van der Waals surface area (Å²) in [7, 11) is 1.54. The third kappa shape index (κ3) is 2.57. The molecule has 1 aromatic rings. The predicted octanol–water partition coefficient (Wildman–Crippen LogP) is 1.93. The summed E-state index contributed by atoms with van der Waals surface area (Å²) >= 11 is 0. The molecule has 1 aliphatic rings. The zero-order chi connectivity index (χ0) is 13.0. The van der Waals surface area contributed by atoms with E-state index in [2.05, 4.69) is 11.4 Å². The van der Waals surface area contributed by atoms with Crippen LogP contribution < -0.4 is 10.1 Å². The molecule has 2 rings (SSSR count). The Morgan fingerprint density at radius 1 is 1.44 bits per heavy atom. The summed E-state index contributed by atoms with van der Waals surface area (Å²) < 4.78 is 5.19. The number of phenolic OH excluding ortho intramolecular Hbond substituents is 1. The lowest BCUT2D eigenvalue weighted by Gasteiger charge is -2.24. The van der Waals surface area contributed by atoms with Crippen LogP contribution in [0.4, 0.5) is 0 Å². The first kappa shape index (κ1) is 12.7. The van der Waals surface area contributed by atoms with Crippen LogP contribution in [0.2, 0.25) is 0 Å². The molecule has 0 aromatic heterocycles. The fourth-order valence-electron chi connectivity index (χ4n) is 2.48. The molecule has 0 saturated carbocycles. The van der Waals surface area contributed by atoms with Gasteiger partial charge in [-0.15, -0.1) is 0 Å². The minimum absolute atomic E-state index is 0.228. The van der Waals surface area contributed by atoms with Crippen molar-refractivity contribution in [2.24, 2.45) is 0 Å². The first-order chi connectivity index (χ1) is 8.76. The van der Waals surface area contributed by atoms with Gasteiger partial charge in [0.15, 0.2) is 11.5 Å². The van der Waals surface area contributed by atoms with E-state index < -0.39 is 0 Å². The lowest BCUT2D eigenvalue weighted by Crippen LogP contribution is -2.26. The molecule has 0 spiro atoms. The second-order valence-electron chi connectivity index (χ2n) is 4.60. The van der Waals surface area contributed by atoms with Crippen molar-refractivity contribution in [2.45, 2.75) is 25.2 Å². The summed E-state index contributed by atoms with van der Waals surface area (Å²) in [4.78, 5) is 0. The molecule has 1 aromatic carbocycles. The average molecular weight is 246 g/mol. The van der Waals surface area contributed by atoms with E-state index >= 15 is 0 Å². The molecule has 1 fully saturated rings. The SMILES string of the molecule is COc1cc(CC#N)cc(C2CCNCC2)c1O. The molecule has 18 heavy (non-hydrogen) atoms. The first-order valence-corrected chi connectivity index (χ1v) is 6.23. The highest BCUT2D eigenvalue weighted by atomic mass is 16.5. The highest BCUT2D eigenvalue weighted by molar-refractivity contribution is 5.50. The Hall–Kier alpha value is -1.73. The van der Waals surface area contributed by atoms with Gasteiger partial charge < -0.3 is 15.2 Å². The average Bonchev–Trinajstić information content (AvgIpc) is 2.42. The van der Waals surface area contributed by atoms with Gasteiger partial charge in [-0.25, -0.2) is 0 Å². The Kier molecular flexibility index (Phi) is 4.06. The molecular formula is C14H18N2O2. The fourth-order valence-corrected chi connectivity index (χ4v) is 2.48. The Morgan fingerprint density at radius 2 is 2.17 bits per heavy atom. The summed E-state index contributed by atoms with van der Waals surface area (Å²) in [6.07, 6.45) is 2.36. The van der Waals surface area contributed by atoms with E-state index in [1.807, 2.05) is 6.07 Å². The standard InChI is InChI=1S/C14H18N2O2/c1-18-13-9-10(2-5-15)8-12(14(13)17)11-3-6-16-7-4-11/h8-9,11,16-17H,2-4,6-7H2,1H3. The van der Waals surface area contributed by atoms with Crippen molar-refractivity contribution < 1.29 is 9.84 Å². The molecule has 2 N–H and O–H groups in total. The Bertz CT molecular complexity index is 460. The van der Waals surface area contributed by atoms with Crippen molar-refractivity contribution in [2.75, 3.05) is 20.2 Å². The molecule has 0 unspecified atom stereocenters. The number of hydrogen-bond acceptors (Lipinski definition) is 4. The number of rotatable bonds is 3. The van der Waals surface area contributed by atoms with Crippen LogP contribution in [0, 0.1) is 11.3 Å². The van der Waals surface area contributed by atoms with Crippen molar-refractivity contribution in [1.82, 2.24) is 5.32 Å². The Morgan fingerprint density at radius 3 is 2.78 bits per heavy atom. The van der Waals surface area contributed by atoms with Crippen molar-refractivity contribution in [3.63, 3.8) is 0 Å². The van der Waals surface area contributed by atoms with Gasteiger partial charge >= 0.3 is 0 Å². The van der Waals surface area contributed by atoms with Crippen molar-refractivity contribution in [3.05, 3.63) is 23.3 Å². The normalized spacial score (nSPS) is 16.2. The van der Waals surface area contributed by atoms with E-state index in [-0.39, 0.29) is 5.75 Å². The number of nitrogens with one attached hydrogen (secondary N) is 1. The molecule has 0 aliphatic carbocycles. The van der Waals surface area contributed by atoms with Gasteiger partial charge in [-0.1, -0.05) is 6.07 Å². The van der Waals surface area contributed by atoms with Gasteiger partial charge in [0.2, 0.25) is 0 Å². The van der Waals surface area contributed by atoms with Crippen LogP contribution in [-0.2, 0) is 6.42 Å². The van der Waals surface area contributed by atoms with Gasteiger partial charge in [-0.2, -0.15) is 5.26 Å². The van der Waals surface area contributed by atoms with E-state index in [4.69, 9.17) is 10.00 Å². The molecule has 1 saturated heterocycles. The number of nitriles is 1. The fraction of sp³-hybridized carbons (Fsp3) is 0.500. The summed E-state index contributed by atoms with van der Waals surface area (Å²) in [6, 6.07) is 5.82. The molecule has 0 bridgehead atoms. The third-order valence-corrected chi connectivity index (χ3v) is 3.45. The van der Waals surface area contributed by atoms with Gasteiger partial charge in [-0.05, 0) is 43.5 Å². The van der Waals surface area contributed by atoms with Crippen molar-refractivity contribution in [1.29, 1.82) is 5.26 Å². The van der Waals surface area contributed by atoms with Gasteiger partial charge in [0, 0.05) is 5.56 Å². The zero-order valence-corrected chi connectivity index (χ0v) is 10.6. The summed E-state index contributed by atoms with van der Waals surface area (Å²) in [6.45, 7) is 1.93. The van der Waals surface area contributed by atoms with Crippen LogP contribution in [0.1, 0.15) is 29.9 Å². The number of benzene rings is 1. The largest absolute Gasteiger partial charge is 0.504 e. The number of nitrogens with zero attached hydrogens (tertiary/aromatic N) is 1. The number of piperidine rings is 1. The zero-order valence-electron chi connectivity index (χ0n) is 10.6. The number of ether oxygens (including phenoxy) is 1. The number of phenols is 1. The van der Waals surface area contributed by atoms with Crippen LogP contribution in [0.25, 0.3) is 0 Å². The molecular weight excluding hydrogens is 228 g/mol. The minimum atomic E-state index is 0.228. The molecule has 0 atom stereocenters. The minimum Gasteiger partial charge on any atom is -0.504 e. The molecule has 96 valence electrons. The van der Waals surface area contributed by atoms with Gasteiger partial charge in [0.1, 0.15) is 0 Å².